The van der Waals surface area contributed by atoms with E-state index in [0.717, 1.165) is 37.3 Å². The van der Waals surface area contributed by atoms with Gasteiger partial charge in [-0.1, -0.05) is 30.3 Å². The zero-order valence-corrected chi connectivity index (χ0v) is 16.7. The molecule has 8 heteroatoms. The van der Waals surface area contributed by atoms with Gasteiger partial charge in [-0.15, -0.1) is 10.2 Å². The average Bonchev–Trinajstić information content (AvgIpc) is 3.35. The summed E-state index contributed by atoms with van der Waals surface area (Å²) >= 11 is 0. The largest absolute Gasteiger partial charge is 0.415 e. The molecule has 4 aromatic rings. The first kappa shape index (κ1) is 19.1. The first-order valence-electron chi connectivity index (χ1n) is 10.1. The van der Waals surface area contributed by atoms with Crippen molar-refractivity contribution in [2.45, 2.75) is 0 Å². The summed E-state index contributed by atoms with van der Waals surface area (Å²) in [6.45, 7) is 3.11. The number of carbonyl (C=O) groups excluding carboxylic acids is 1. The summed E-state index contributed by atoms with van der Waals surface area (Å²) in [5.74, 6) is 0.782. The van der Waals surface area contributed by atoms with Gasteiger partial charge in [-0.05, 0) is 24.3 Å². The molecule has 0 radical (unpaired) electrons. The number of nitrogens with zero attached hydrogens (tertiary/aromatic N) is 5. The van der Waals surface area contributed by atoms with Gasteiger partial charge in [-0.2, -0.15) is 0 Å². The van der Waals surface area contributed by atoms with Crippen molar-refractivity contribution < 1.29 is 9.21 Å². The maximum Gasteiger partial charge on any atom is 0.268 e. The van der Waals surface area contributed by atoms with Gasteiger partial charge >= 0.3 is 0 Å². The molecule has 0 bridgehead atoms. The van der Waals surface area contributed by atoms with Gasteiger partial charge in [-0.25, -0.2) is 4.98 Å². The number of benzene rings is 2. The summed E-state index contributed by atoms with van der Waals surface area (Å²) in [4.78, 5) is 23.4. The van der Waals surface area contributed by atoms with Crippen LogP contribution in [0.1, 0.15) is 10.4 Å². The monoisotopic (exact) mass is 412 g/mol. The van der Waals surface area contributed by atoms with Crippen molar-refractivity contribution in [2.75, 3.05) is 26.2 Å². The highest BCUT2D eigenvalue weighted by Gasteiger charge is 2.18. The molecule has 1 N–H and O–H groups in total. The Balaban J connectivity index is 1.37. The molecule has 0 unspecified atom stereocenters. The van der Waals surface area contributed by atoms with Crippen LogP contribution >= 0.6 is 0 Å². The second-order valence-corrected chi connectivity index (χ2v) is 7.19. The van der Waals surface area contributed by atoms with Crippen LogP contribution in [-0.4, -0.2) is 57.2 Å². The van der Waals surface area contributed by atoms with Crippen LogP contribution in [0.15, 0.2) is 71.4 Å². The Hall–Kier alpha value is -3.91. The number of piperazine rings is 1. The lowest BCUT2D eigenvalue weighted by molar-refractivity contribution is 0.0736. The number of carbonyl (C=O) groups is 1. The lowest BCUT2D eigenvalue weighted by Crippen LogP contribution is -2.46. The van der Waals surface area contributed by atoms with E-state index in [9.17, 15) is 4.79 Å². The van der Waals surface area contributed by atoms with Crippen LogP contribution in [0.4, 0.5) is 0 Å². The highest BCUT2D eigenvalue weighted by molar-refractivity contribution is 5.94. The molecule has 31 heavy (non-hydrogen) atoms. The van der Waals surface area contributed by atoms with E-state index >= 15 is 0 Å². The predicted octanol–water partition coefficient (Wildman–Crippen LogP) is 2.91. The van der Waals surface area contributed by atoms with Gasteiger partial charge in [0.2, 0.25) is 5.89 Å². The van der Waals surface area contributed by atoms with Crippen LogP contribution in [0.25, 0.3) is 34.3 Å². The van der Waals surface area contributed by atoms with Gasteiger partial charge < -0.3 is 14.6 Å². The highest BCUT2D eigenvalue weighted by atomic mass is 16.4. The van der Waals surface area contributed by atoms with E-state index < -0.39 is 0 Å². The molecule has 1 amide bonds. The number of amides is 1. The van der Waals surface area contributed by atoms with Crippen molar-refractivity contribution in [2.24, 2.45) is 0 Å². The maximum atomic E-state index is 12.6. The number of hydrogen-bond donors (Lipinski definition) is 1. The van der Waals surface area contributed by atoms with Crippen molar-refractivity contribution in [1.29, 1.82) is 0 Å². The molecule has 5 rings (SSSR count). The second kappa shape index (κ2) is 8.45. The Morgan fingerprint density at radius 3 is 2.32 bits per heavy atom. The molecule has 3 heterocycles. The van der Waals surface area contributed by atoms with Gasteiger partial charge in [0.25, 0.3) is 11.8 Å². The molecule has 2 aromatic heterocycles. The van der Waals surface area contributed by atoms with E-state index in [1.54, 1.807) is 12.4 Å². The van der Waals surface area contributed by atoms with Crippen LogP contribution in [0.5, 0.6) is 0 Å². The summed E-state index contributed by atoms with van der Waals surface area (Å²) in [7, 11) is 0. The molecular formula is C23H20N6O2. The fourth-order valence-electron chi connectivity index (χ4n) is 3.47. The van der Waals surface area contributed by atoms with E-state index in [-0.39, 0.29) is 5.91 Å². The van der Waals surface area contributed by atoms with Crippen LogP contribution in [-0.2, 0) is 0 Å². The van der Waals surface area contributed by atoms with Gasteiger partial charge in [-0.3, -0.25) is 9.78 Å². The molecule has 1 aliphatic heterocycles. The standard InChI is InChI=1S/C23H20N6O2/c30-23(29-12-10-24-11-13-29)18-8-6-16(7-9-18)19-14-25-15-20(26-19)22-28-27-21(31-22)17-4-2-1-3-5-17/h1-9,14-15,24H,10-13H2. The quantitative estimate of drug-likeness (QED) is 0.550. The zero-order valence-electron chi connectivity index (χ0n) is 16.7. The Morgan fingerprint density at radius 2 is 1.55 bits per heavy atom. The van der Waals surface area contributed by atoms with Crippen molar-refractivity contribution in [1.82, 2.24) is 30.4 Å². The van der Waals surface area contributed by atoms with Gasteiger partial charge in [0, 0.05) is 42.9 Å². The van der Waals surface area contributed by atoms with Crippen molar-refractivity contribution >= 4 is 5.91 Å². The first-order valence-corrected chi connectivity index (χ1v) is 10.1. The minimum absolute atomic E-state index is 0.0483. The fraction of sp³-hybridized carbons (Fsp3) is 0.174. The molecule has 2 aromatic carbocycles. The SMILES string of the molecule is O=C(c1ccc(-c2cncc(-c3nnc(-c4ccccc4)o3)n2)cc1)N1CCNCC1. The minimum Gasteiger partial charge on any atom is -0.415 e. The topological polar surface area (TPSA) is 97.0 Å². The van der Waals surface area contributed by atoms with E-state index in [2.05, 4.69) is 25.5 Å². The van der Waals surface area contributed by atoms with Crippen LogP contribution in [0.3, 0.4) is 0 Å². The molecule has 1 fully saturated rings. The Bertz CT molecular complexity index is 1180. The fourth-order valence-corrected chi connectivity index (χ4v) is 3.47. The Morgan fingerprint density at radius 1 is 0.839 bits per heavy atom. The molecule has 1 saturated heterocycles. The average molecular weight is 412 g/mol. The molecule has 8 nitrogen and oxygen atoms in total. The van der Waals surface area contributed by atoms with E-state index in [0.29, 0.717) is 28.7 Å². The Kier molecular flexibility index (Phi) is 5.20. The lowest BCUT2D eigenvalue weighted by atomic mass is 10.1. The van der Waals surface area contributed by atoms with E-state index in [1.165, 1.54) is 0 Å². The first-order chi connectivity index (χ1) is 15.3. The normalized spacial score (nSPS) is 13.9. The summed E-state index contributed by atoms with van der Waals surface area (Å²) in [6, 6.07) is 17.0. The lowest BCUT2D eigenvalue weighted by Gasteiger charge is -2.27. The van der Waals surface area contributed by atoms with Crippen molar-refractivity contribution in [3.05, 3.63) is 72.6 Å². The summed E-state index contributed by atoms with van der Waals surface area (Å²) in [6.07, 6.45) is 3.26. The van der Waals surface area contributed by atoms with E-state index in [4.69, 9.17) is 4.42 Å². The minimum atomic E-state index is 0.0483. The van der Waals surface area contributed by atoms with Crippen molar-refractivity contribution in [3.63, 3.8) is 0 Å². The summed E-state index contributed by atoms with van der Waals surface area (Å²) in [5.41, 5.74) is 3.52. The predicted molar refractivity (Wildman–Crippen MR) is 115 cm³/mol. The number of rotatable bonds is 4. The zero-order chi connectivity index (χ0) is 21.0. The van der Waals surface area contributed by atoms with Crippen LogP contribution in [0.2, 0.25) is 0 Å². The van der Waals surface area contributed by atoms with Crippen molar-refractivity contribution in [3.8, 4) is 34.3 Å². The number of hydrogen-bond acceptors (Lipinski definition) is 7. The maximum absolute atomic E-state index is 12.6. The molecule has 0 saturated carbocycles. The molecule has 1 aliphatic rings. The molecule has 154 valence electrons. The molecular weight excluding hydrogens is 392 g/mol. The van der Waals surface area contributed by atoms with Crippen LogP contribution in [0, 0.1) is 0 Å². The third-order valence-electron chi connectivity index (χ3n) is 5.13. The molecule has 0 aliphatic carbocycles. The van der Waals surface area contributed by atoms with Crippen LogP contribution < -0.4 is 5.32 Å². The highest BCUT2D eigenvalue weighted by Crippen LogP contribution is 2.24. The molecule has 0 spiro atoms. The van der Waals surface area contributed by atoms with Gasteiger partial charge in [0.15, 0.2) is 0 Å². The summed E-state index contributed by atoms with van der Waals surface area (Å²) < 4.78 is 5.78. The summed E-state index contributed by atoms with van der Waals surface area (Å²) in [5, 5.41) is 11.5. The smallest absolute Gasteiger partial charge is 0.268 e. The van der Waals surface area contributed by atoms with E-state index in [1.807, 2.05) is 59.5 Å². The third kappa shape index (κ3) is 4.06. The Labute approximate surface area is 179 Å². The number of nitrogens with one attached hydrogen (secondary N) is 1. The number of aromatic nitrogens is 4. The van der Waals surface area contributed by atoms with Gasteiger partial charge in [0.1, 0.15) is 5.69 Å². The second-order valence-electron chi connectivity index (χ2n) is 7.19. The van der Waals surface area contributed by atoms with Gasteiger partial charge in [0.05, 0.1) is 18.1 Å². The third-order valence-corrected chi connectivity index (χ3v) is 5.13. The molecule has 0 atom stereocenters.